The Hall–Kier alpha value is -0.440. The third kappa shape index (κ3) is 3.33. The number of fused-ring (bicyclic) bond motifs is 1. The number of hydrogen-bond donors (Lipinski definition) is 0. The zero-order valence-electron chi connectivity index (χ0n) is 11.9. The van der Waals surface area contributed by atoms with Crippen molar-refractivity contribution < 1.29 is 0 Å². The van der Waals surface area contributed by atoms with E-state index in [1.165, 1.54) is 32.1 Å². The van der Waals surface area contributed by atoms with Crippen molar-refractivity contribution in [1.82, 2.24) is 9.55 Å². The van der Waals surface area contributed by atoms with Crippen LogP contribution in [0.4, 0.5) is 0 Å². The second-order valence-electron chi connectivity index (χ2n) is 5.84. The average Bonchev–Trinajstić information content (AvgIpc) is 2.79. The molecule has 0 saturated heterocycles. The van der Waals surface area contributed by atoms with Gasteiger partial charge >= 0.3 is 0 Å². The van der Waals surface area contributed by atoms with Gasteiger partial charge in [-0.2, -0.15) is 0 Å². The molecule has 0 radical (unpaired) electrons. The molecule has 1 saturated carbocycles. The molecule has 1 aliphatic rings. The molecule has 114 valence electrons. The van der Waals surface area contributed by atoms with E-state index in [9.17, 15) is 0 Å². The maximum absolute atomic E-state index is 6.19. The van der Waals surface area contributed by atoms with E-state index in [4.69, 9.17) is 39.8 Å². The van der Waals surface area contributed by atoms with Crippen LogP contribution >= 0.6 is 34.8 Å². The molecule has 1 aromatic heterocycles. The van der Waals surface area contributed by atoms with E-state index in [0.29, 0.717) is 15.9 Å². The van der Waals surface area contributed by atoms with E-state index in [0.717, 1.165) is 35.7 Å². The van der Waals surface area contributed by atoms with Crippen molar-refractivity contribution in [2.24, 2.45) is 5.92 Å². The average molecular weight is 346 g/mol. The van der Waals surface area contributed by atoms with Crippen LogP contribution in [0.5, 0.6) is 0 Å². The summed E-state index contributed by atoms with van der Waals surface area (Å²) in [6.07, 6.45) is 7.45. The number of rotatable bonds is 4. The number of hydrogen-bond acceptors (Lipinski definition) is 1. The molecule has 1 aromatic carbocycles. The molecular weight excluding hydrogens is 327 g/mol. The molecule has 0 atom stereocenters. The number of aromatic nitrogens is 2. The number of alkyl halides is 1. The highest BCUT2D eigenvalue weighted by atomic mass is 35.5. The molecule has 1 aliphatic carbocycles. The molecular formula is C16H19Cl3N2. The first-order valence-electron chi connectivity index (χ1n) is 7.59. The van der Waals surface area contributed by atoms with Crippen LogP contribution in [0.2, 0.25) is 10.0 Å². The molecule has 0 spiro atoms. The quantitative estimate of drug-likeness (QED) is 0.649. The Morgan fingerprint density at radius 2 is 1.81 bits per heavy atom. The molecule has 3 rings (SSSR count). The zero-order valence-corrected chi connectivity index (χ0v) is 14.2. The summed E-state index contributed by atoms with van der Waals surface area (Å²) < 4.78 is 2.30. The summed E-state index contributed by atoms with van der Waals surface area (Å²) in [5, 5.41) is 1.15. The molecule has 2 nitrogen and oxygen atoms in total. The van der Waals surface area contributed by atoms with Crippen LogP contribution in [0.25, 0.3) is 11.0 Å². The zero-order chi connectivity index (χ0) is 14.8. The summed E-state index contributed by atoms with van der Waals surface area (Å²) in [6.45, 7) is 1.01. The highest BCUT2D eigenvalue weighted by Gasteiger charge is 2.18. The number of benzene rings is 1. The maximum atomic E-state index is 6.19. The molecule has 0 bridgehead atoms. The number of halogens is 3. The van der Waals surface area contributed by atoms with Gasteiger partial charge in [0.05, 0.1) is 21.1 Å². The smallest absolute Gasteiger partial charge is 0.111 e. The van der Waals surface area contributed by atoms with Gasteiger partial charge in [0, 0.05) is 18.8 Å². The Bertz CT molecular complexity index is 630. The van der Waals surface area contributed by atoms with Crippen LogP contribution < -0.4 is 0 Å². The minimum absolute atomic E-state index is 0.559. The van der Waals surface area contributed by atoms with Gasteiger partial charge in [0.25, 0.3) is 0 Å². The van der Waals surface area contributed by atoms with Crippen LogP contribution in [-0.2, 0) is 13.0 Å². The lowest BCUT2D eigenvalue weighted by atomic mass is 9.89. The summed E-state index contributed by atoms with van der Waals surface area (Å²) in [7, 11) is 0. The summed E-state index contributed by atoms with van der Waals surface area (Å²) in [4.78, 5) is 4.71. The van der Waals surface area contributed by atoms with Gasteiger partial charge in [-0.25, -0.2) is 4.98 Å². The van der Waals surface area contributed by atoms with Crippen LogP contribution in [0.3, 0.4) is 0 Å². The Morgan fingerprint density at radius 3 is 2.52 bits per heavy atom. The van der Waals surface area contributed by atoms with E-state index >= 15 is 0 Å². The largest absolute Gasteiger partial charge is 0.328 e. The minimum atomic E-state index is 0.559. The molecule has 2 aromatic rings. The highest BCUT2D eigenvalue weighted by molar-refractivity contribution is 6.42. The highest BCUT2D eigenvalue weighted by Crippen LogP contribution is 2.31. The number of aryl methyl sites for hydroxylation is 1. The van der Waals surface area contributed by atoms with Crippen LogP contribution in [0, 0.1) is 5.92 Å². The summed E-state index contributed by atoms with van der Waals surface area (Å²) in [5.41, 5.74) is 2.00. The number of imidazole rings is 1. The second-order valence-corrected chi connectivity index (χ2v) is 7.03. The molecule has 21 heavy (non-hydrogen) atoms. The fraction of sp³-hybridized carbons (Fsp3) is 0.562. The van der Waals surface area contributed by atoms with E-state index in [2.05, 4.69) is 4.57 Å². The molecule has 0 amide bonds. The molecule has 0 N–H and O–H groups in total. The normalized spacial score (nSPS) is 16.7. The fourth-order valence-electron chi connectivity index (χ4n) is 3.28. The van der Waals surface area contributed by atoms with Gasteiger partial charge in [0.1, 0.15) is 5.82 Å². The standard InChI is InChI=1S/C16H19Cl3N2/c17-7-6-16-20-14-8-12(18)13(19)9-15(14)21(16)10-11-4-2-1-3-5-11/h8-9,11H,1-7,10H2. The Labute approximate surface area is 140 Å². The predicted octanol–water partition coefficient (Wildman–Crippen LogP) is 5.70. The van der Waals surface area contributed by atoms with Gasteiger partial charge in [-0.3, -0.25) is 0 Å². The van der Waals surface area contributed by atoms with Crippen molar-refractivity contribution in [3.63, 3.8) is 0 Å². The number of nitrogens with zero attached hydrogens (tertiary/aromatic N) is 2. The predicted molar refractivity (Wildman–Crippen MR) is 90.8 cm³/mol. The van der Waals surface area contributed by atoms with E-state index in [1.54, 1.807) is 0 Å². The van der Waals surface area contributed by atoms with Gasteiger partial charge in [-0.05, 0) is 30.9 Å². The van der Waals surface area contributed by atoms with Crippen LogP contribution in [0.15, 0.2) is 12.1 Å². The van der Waals surface area contributed by atoms with Crippen molar-refractivity contribution in [2.45, 2.75) is 45.1 Å². The Morgan fingerprint density at radius 1 is 1.10 bits per heavy atom. The molecule has 0 unspecified atom stereocenters. The summed E-state index contributed by atoms with van der Waals surface area (Å²) in [6, 6.07) is 3.79. The van der Waals surface area contributed by atoms with E-state index in [1.807, 2.05) is 12.1 Å². The van der Waals surface area contributed by atoms with Gasteiger partial charge in [-0.1, -0.05) is 42.5 Å². The van der Waals surface area contributed by atoms with E-state index < -0.39 is 0 Å². The van der Waals surface area contributed by atoms with Gasteiger partial charge in [0.15, 0.2) is 0 Å². The molecule has 1 fully saturated rings. The summed E-state index contributed by atoms with van der Waals surface area (Å²) in [5.74, 6) is 2.36. The third-order valence-corrected chi connectivity index (χ3v) is 5.26. The monoisotopic (exact) mass is 344 g/mol. The van der Waals surface area contributed by atoms with Crippen LogP contribution in [-0.4, -0.2) is 15.4 Å². The first-order valence-corrected chi connectivity index (χ1v) is 8.88. The SMILES string of the molecule is ClCCc1nc2cc(Cl)c(Cl)cc2n1CC1CCCCC1. The van der Waals surface area contributed by atoms with Crippen molar-refractivity contribution in [2.75, 3.05) is 5.88 Å². The molecule has 0 aliphatic heterocycles. The maximum Gasteiger partial charge on any atom is 0.111 e. The van der Waals surface area contributed by atoms with Crippen molar-refractivity contribution in [3.05, 3.63) is 28.0 Å². The first kappa shape index (κ1) is 15.5. The lowest BCUT2D eigenvalue weighted by molar-refractivity contribution is 0.319. The van der Waals surface area contributed by atoms with Crippen molar-refractivity contribution >= 4 is 45.8 Å². The lowest BCUT2D eigenvalue weighted by Crippen LogP contribution is -2.16. The van der Waals surface area contributed by atoms with Crippen molar-refractivity contribution in [1.29, 1.82) is 0 Å². The minimum Gasteiger partial charge on any atom is -0.328 e. The Balaban J connectivity index is 2.00. The second kappa shape index (κ2) is 6.76. The van der Waals surface area contributed by atoms with Gasteiger partial charge < -0.3 is 4.57 Å². The molecule has 5 heteroatoms. The molecule has 1 heterocycles. The summed E-state index contributed by atoms with van der Waals surface area (Å²) >= 11 is 18.2. The topological polar surface area (TPSA) is 17.8 Å². The van der Waals surface area contributed by atoms with Crippen LogP contribution in [0.1, 0.15) is 37.9 Å². The third-order valence-electron chi connectivity index (χ3n) is 4.35. The Kier molecular flexibility index (Phi) is 4.98. The van der Waals surface area contributed by atoms with Crippen molar-refractivity contribution in [3.8, 4) is 0 Å². The van der Waals surface area contributed by atoms with E-state index in [-0.39, 0.29) is 0 Å². The van der Waals surface area contributed by atoms with Gasteiger partial charge in [0.2, 0.25) is 0 Å². The first-order chi connectivity index (χ1) is 10.2. The fourth-order valence-corrected chi connectivity index (χ4v) is 3.76. The van der Waals surface area contributed by atoms with Gasteiger partial charge in [-0.15, -0.1) is 11.6 Å². The lowest BCUT2D eigenvalue weighted by Gasteiger charge is -2.23.